The fourth-order valence-corrected chi connectivity index (χ4v) is 2.91. The number of carbonyl (C=O) groups is 1. The van der Waals surface area contributed by atoms with Crippen molar-refractivity contribution in [3.05, 3.63) is 44.6 Å². The monoisotopic (exact) mass is 324 g/mol. The average Bonchev–Trinajstić information content (AvgIpc) is 2.81. The SMILES string of the molecule is CCc1ccsc1C(=O)Nc1ccc(Br)cc1N. The van der Waals surface area contributed by atoms with Crippen LogP contribution in [0.5, 0.6) is 0 Å². The van der Waals surface area contributed by atoms with Gasteiger partial charge in [0.2, 0.25) is 0 Å². The van der Waals surface area contributed by atoms with E-state index in [0.29, 0.717) is 11.4 Å². The van der Waals surface area contributed by atoms with Gasteiger partial charge in [-0.25, -0.2) is 0 Å². The van der Waals surface area contributed by atoms with Gasteiger partial charge in [-0.05, 0) is 41.6 Å². The molecule has 0 atom stereocenters. The number of rotatable bonds is 3. The number of nitrogens with two attached hydrogens (primary N) is 1. The van der Waals surface area contributed by atoms with Crippen molar-refractivity contribution in [2.75, 3.05) is 11.1 Å². The van der Waals surface area contributed by atoms with E-state index in [1.165, 1.54) is 11.3 Å². The van der Waals surface area contributed by atoms with Crippen LogP contribution in [0.1, 0.15) is 22.2 Å². The van der Waals surface area contributed by atoms with Crippen LogP contribution in [0.3, 0.4) is 0 Å². The second-order valence-electron chi connectivity index (χ2n) is 3.81. The van der Waals surface area contributed by atoms with Crippen LogP contribution in [0.2, 0.25) is 0 Å². The molecule has 1 aromatic carbocycles. The third-order valence-corrected chi connectivity index (χ3v) is 4.04. The summed E-state index contributed by atoms with van der Waals surface area (Å²) in [5.74, 6) is -0.101. The van der Waals surface area contributed by atoms with Gasteiger partial charge in [-0.1, -0.05) is 22.9 Å². The third kappa shape index (κ3) is 2.73. The first-order valence-corrected chi connectivity index (χ1v) is 7.21. The van der Waals surface area contributed by atoms with Gasteiger partial charge in [-0.15, -0.1) is 11.3 Å². The second kappa shape index (κ2) is 5.54. The van der Waals surface area contributed by atoms with E-state index in [-0.39, 0.29) is 5.91 Å². The highest BCUT2D eigenvalue weighted by Gasteiger charge is 2.13. The summed E-state index contributed by atoms with van der Waals surface area (Å²) in [4.78, 5) is 12.9. The number of nitrogen functional groups attached to an aromatic ring is 1. The number of benzene rings is 1. The molecule has 0 saturated carbocycles. The van der Waals surface area contributed by atoms with E-state index in [9.17, 15) is 4.79 Å². The summed E-state index contributed by atoms with van der Waals surface area (Å²) < 4.78 is 0.892. The van der Waals surface area contributed by atoms with Gasteiger partial charge in [0.1, 0.15) is 0 Å². The fraction of sp³-hybridized carbons (Fsp3) is 0.154. The Labute approximate surface area is 118 Å². The lowest BCUT2D eigenvalue weighted by Crippen LogP contribution is -2.13. The van der Waals surface area contributed by atoms with Crippen molar-refractivity contribution in [2.45, 2.75) is 13.3 Å². The Kier molecular flexibility index (Phi) is 4.04. The molecule has 1 heterocycles. The van der Waals surface area contributed by atoms with Crippen molar-refractivity contribution in [1.82, 2.24) is 0 Å². The maximum atomic E-state index is 12.1. The Morgan fingerprint density at radius 1 is 1.44 bits per heavy atom. The van der Waals surface area contributed by atoms with Crippen LogP contribution in [-0.4, -0.2) is 5.91 Å². The Morgan fingerprint density at radius 2 is 2.22 bits per heavy atom. The van der Waals surface area contributed by atoms with Gasteiger partial charge in [0.05, 0.1) is 16.3 Å². The standard InChI is InChI=1S/C13H13BrN2OS/c1-2-8-5-6-18-12(8)13(17)16-11-4-3-9(14)7-10(11)15/h3-7H,2,15H2,1H3,(H,16,17). The number of aryl methyl sites for hydroxylation is 1. The van der Waals surface area contributed by atoms with Gasteiger partial charge in [0.15, 0.2) is 0 Å². The first-order chi connectivity index (χ1) is 8.61. The van der Waals surface area contributed by atoms with Gasteiger partial charge in [-0.3, -0.25) is 4.79 Å². The van der Waals surface area contributed by atoms with Crippen LogP contribution in [0, 0.1) is 0 Å². The van der Waals surface area contributed by atoms with Gasteiger partial charge in [0.25, 0.3) is 5.91 Å². The lowest BCUT2D eigenvalue weighted by atomic mass is 10.2. The maximum absolute atomic E-state index is 12.1. The van der Waals surface area contributed by atoms with Crippen LogP contribution in [0.15, 0.2) is 34.1 Å². The maximum Gasteiger partial charge on any atom is 0.266 e. The molecular weight excluding hydrogens is 312 g/mol. The minimum absolute atomic E-state index is 0.101. The molecule has 0 bridgehead atoms. The molecule has 2 aromatic rings. The molecule has 5 heteroatoms. The minimum atomic E-state index is -0.101. The highest BCUT2D eigenvalue weighted by Crippen LogP contribution is 2.25. The second-order valence-corrected chi connectivity index (χ2v) is 5.65. The number of thiophene rings is 1. The number of halogens is 1. The summed E-state index contributed by atoms with van der Waals surface area (Å²) in [6.45, 7) is 2.03. The average molecular weight is 325 g/mol. The van der Waals surface area contributed by atoms with E-state index in [0.717, 1.165) is 21.3 Å². The molecule has 2 rings (SSSR count). The van der Waals surface area contributed by atoms with Crippen LogP contribution in [0.25, 0.3) is 0 Å². The first kappa shape index (κ1) is 13.1. The Hall–Kier alpha value is -1.33. The van der Waals surface area contributed by atoms with Crippen LogP contribution in [0.4, 0.5) is 11.4 Å². The van der Waals surface area contributed by atoms with Crippen molar-refractivity contribution < 1.29 is 4.79 Å². The topological polar surface area (TPSA) is 55.1 Å². The largest absolute Gasteiger partial charge is 0.397 e. The molecule has 0 aliphatic heterocycles. The molecule has 3 N–H and O–H groups in total. The zero-order valence-electron chi connectivity index (χ0n) is 9.87. The number of nitrogens with one attached hydrogen (secondary N) is 1. The minimum Gasteiger partial charge on any atom is -0.397 e. The van der Waals surface area contributed by atoms with E-state index in [2.05, 4.69) is 21.2 Å². The molecule has 0 fully saturated rings. The Morgan fingerprint density at radius 3 is 2.89 bits per heavy atom. The lowest BCUT2D eigenvalue weighted by molar-refractivity contribution is 0.103. The molecule has 1 aromatic heterocycles. The summed E-state index contributed by atoms with van der Waals surface area (Å²) in [7, 11) is 0. The molecule has 3 nitrogen and oxygen atoms in total. The lowest BCUT2D eigenvalue weighted by Gasteiger charge is -2.08. The predicted molar refractivity (Wildman–Crippen MR) is 80.2 cm³/mol. The molecule has 0 unspecified atom stereocenters. The summed E-state index contributed by atoms with van der Waals surface area (Å²) >= 11 is 4.78. The van der Waals surface area contributed by atoms with E-state index < -0.39 is 0 Å². The molecular formula is C13H13BrN2OS. The molecule has 0 radical (unpaired) electrons. The van der Waals surface area contributed by atoms with Crippen LogP contribution < -0.4 is 11.1 Å². The van der Waals surface area contributed by atoms with Crippen molar-refractivity contribution in [3.8, 4) is 0 Å². The van der Waals surface area contributed by atoms with Gasteiger partial charge in [0, 0.05) is 4.47 Å². The number of anilines is 2. The van der Waals surface area contributed by atoms with Crippen molar-refractivity contribution in [1.29, 1.82) is 0 Å². The highest BCUT2D eigenvalue weighted by atomic mass is 79.9. The number of carbonyl (C=O) groups excluding carboxylic acids is 1. The molecule has 94 valence electrons. The highest BCUT2D eigenvalue weighted by molar-refractivity contribution is 9.10. The van der Waals surface area contributed by atoms with Gasteiger partial charge < -0.3 is 11.1 Å². The molecule has 1 amide bonds. The first-order valence-electron chi connectivity index (χ1n) is 5.54. The van der Waals surface area contributed by atoms with Crippen LogP contribution >= 0.6 is 27.3 Å². The molecule has 0 aliphatic rings. The number of hydrogen-bond donors (Lipinski definition) is 2. The quantitative estimate of drug-likeness (QED) is 0.841. The Balaban J connectivity index is 2.21. The fourth-order valence-electron chi connectivity index (χ4n) is 1.64. The van der Waals surface area contributed by atoms with Crippen molar-refractivity contribution in [2.24, 2.45) is 0 Å². The normalized spacial score (nSPS) is 10.3. The smallest absolute Gasteiger partial charge is 0.266 e. The van der Waals surface area contributed by atoms with E-state index in [4.69, 9.17) is 5.73 Å². The summed E-state index contributed by atoms with van der Waals surface area (Å²) in [5, 5.41) is 4.77. The number of hydrogen-bond acceptors (Lipinski definition) is 3. The van der Waals surface area contributed by atoms with Gasteiger partial charge >= 0.3 is 0 Å². The van der Waals surface area contributed by atoms with E-state index in [1.54, 1.807) is 12.1 Å². The predicted octanol–water partition coefficient (Wildman–Crippen LogP) is 3.91. The van der Waals surface area contributed by atoms with Crippen molar-refractivity contribution >= 4 is 44.5 Å². The van der Waals surface area contributed by atoms with Gasteiger partial charge in [-0.2, -0.15) is 0 Å². The van der Waals surface area contributed by atoms with Crippen molar-refractivity contribution in [3.63, 3.8) is 0 Å². The number of amides is 1. The summed E-state index contributed by atoms with van der Waals surface area (Å²) in [6, 6.07) is 7.38. The zero-order valence-corrected chi connectivity index (χ0v) is 12.3. The summed E-state index contributed by atoms with van der Waals surface area (Å²) in [5.41, 5.74) is 8.10. The zero-order chi connectivity index (χ0) is 13.1. The molecule has 0 aliphatic carbocycles. The van der Waals surface area contributed by atoms with Crippen LogP contribution in [-0.2, 0) is 6.42 Å². The molecule has 18 heavy (non-hydrogen) atoms. The van der Waals surface area contributed by atoms with E-state index in [1.807, 2.05) is 24.4 Å². The third-order valence-electron chi connectivity index (χ3n) is 2.60. The van der Waals surface area contributed by atoms with E-state index >= 15 is 0 Å². The molecule has 0 spiro atoms. The molecule has 0 saturated heterocycles. The Bertz CT molecular complexity index is 580. The summed E-state index contributed by atoms with van der Waals surface area (Å²) in [6.07, 6.45) is 0.849.